The first kappa shape index (κ1) is 14.6. The highest BCUT2D eigenvalue weighted by Gasteiger charge is 2.21. The topological polar surface area (TPSA) is 20.2 Å². The minimum Gasteiger partial charge on any atom is -0.508 e. The molecule has 1 heteroatoms. The molecule has 27 heavy (non-hydrogen) atoms. The summed E-state index contributed by atoms with van der Waals surface area (Å²) in [5, 5.41) is 14.5. The smallest absolute Gasteiger partial charge is 0.116 e. The standard InChI is InChI=1S/C26H16O/c27-19-11-10-16-14-18(9-8-17(16)15-19)20-12-13-25-22-5-2-1-4-21(22)24-7-3-6-23(20)26(24)25/h1-15,27H. The van der Waals surface area contributed by atoms with E-state index >= 15 is 0 Å². The van der Waals surface area contributed by atoms with Crippen LogP contribution in [0.3, 0.4) is 0 Å². The second kappa shape index (κ2) is 5.21. The molecule has 1 aliphatic carbocycles. The second-order valence-electron chi connectivity index (χ2n) is 7.18. The molecule has 0 saturated carbocycles. The van der Waals surface area contributed by atoms with E-state index in [2.05, 4.69) is 72.8 Å². The Bertz CT molecular complexity index is 1350. The van der Waals surface area contributed by atoms with E-state index < -0.39 is 0 Å². The van der Waals surface area contributed by atoms with E-state index in [1.165, 1.54) is 44.2 Å². The number of aromatic hydroxyl groups is 1. The largest absolute Gasteiger partial charge is 0.508 e. The number of hydrogen-bond donors (Lipinski definition) is 1. The summed E-state index contributed by atoms with van der Waals surface area (Å²) in [7, 11) is 0. The first-order chi connectivity index (χ1) is 13.3. The molecule has 0 saturated heterocycles. The van der Waals surface area contributed by atoms with Gasteiger partial charge in [-0.05, 0) is 73.1 Å². The average Bonchev–Trinajstić information content (AvgIpc) is 3.04. The van der Waals surface area contributed by atoms with Gasteiger partial charge in [0.05, 0.1) is 0 Å². The van der Waals surface area contributed by atoms with Gasteiger partial charge in [-0.25, -0.2) is 0 Å². The zero-order valence-electron chi connectivity index (χ0n) is 14.6. The van der Waals surface area contributed by atoms with Crippen molar-refractivity contribution in [3.8, 4) is 39.1 Å². The summed E-state index contributed by atoms with van der Waals surface area (Å²) in [4.78, 5) is 0. The second-order valence-corrected chi connectivity index (χ2v) is 7.18. The number of rotatable bonds is 1. The van der Waals surface area contributed by atoms with E-state index in [0.717, 1.165) is 10.8 Å². The van der Waals surface area contributed by atoms with Crippen LogP contribution in [0.25, 0.3) is 54.9 Å². The van der Waals surface area contributed by atoms with Gasteiger partial charge < -0.3 is 5.11 Å². The Balaban J connectivity index is 1.65. The van der Waals surface area contributed by atoms with Crippen LogP contribution in [0.4, 0.5) is 0 Å². The fourth-order valence-electron chi connectivity index (χ4n) is 4.46. The van der Waals surface area contributed by atoms with Crippen LogP contribution < -0.4 is 0 Å². The lowest BCUT2D eigenvalue weighted by Crippen LogP contribution is -1.84. The van der Waals surface area contributed by atoms with Crippen LogP contribution in [-0.4, -0.2) is 5.11 Å². The molecule has 6 rings (SSSR count). The van der Waals surface area contributed by atoms with Crippen molar-refractivity contribution in [2.24, 2.45) is 0 Å². The first-order valence-corrected chi connectivity index (χ1v) is 9.18. The van der Waals surface area contributed by atoms with Crippen LogP contribution in [0.2, 0.25) is 0 Å². The molecule has 0 fully saturated rings. The van der Waals surface area contributed by atoms with Crippen LogP contribution >= 0.6 is 0 Å². The lowest BCUT2D eigenvalue weighted by Gasteiger charge is -2.11. The van der Waals surface area contributed by atoms with Crippen molar-refractivity contribution in [1.29, 1.82) is 0 Å². The average molecular weight is 344 g/mol. The molecule has 0 aliphatic heterocycles. The van der Waals surface area contributed by atoms with Crippen molar-refractivity contribution < 1.29 is 5.11 Å². The lowest BCUT2D eigenvalue weighted by atomic mass is 9.93. The summed E-state index contributed by atoms with van der Waals surface area (Å²) in [6, 6.07) is 31.7. The normalized spacial score (nSPS) is 11.9. The minimum absolute atomic E-state index is 0.304. The summed E-state index contributed by atoms with van der Waals surface area (Å²) in [6.45, 7) is 0. The van der Waals surface area contributed by atoms with Crippen molar-refractivity contribution in [1.82, 2.24) is 0 Å². The summed E-state index contributed by atoms with van der Waals surface area (Å²) in [5.41, 5.74) is 7.75. The molecule has 5 aromatic rings. The molecule has 1 aliphatic rings. The van der Waals surface area contributed by atoms with Crippen molar-refractivity contribution in [3.63, 3.8) is 0 Å². The maximum atomic E-state index is 9.71. The maximum Gasteiger partial charge on any atom is 0.116 e. The van der Waals surface area contributed by atoms with E-state index in [4.69, 9.17) is 0 Å². The van der Waals surface area contributed by atoms with E-state index in [-0.39, 0.29) is 0 Å². The molecule has 1 nitrogen and oxygen atoms in total. The fraction of sp³-hybridized carbons (Fsp3) is 0. The number of hydrogen-bond acceptors (Lipinski definition) is 1. The van der Waals surface area contributed by atoms with Crippen LogP contribution in [0.1, 0.15) is 0 Å². The maximum absolute atomic E-state index is 9.71. The third kappa shape index (κ3) is 2.00. The highest BCUT2D eigenvalue weighted by Crippen LogP contribution is 2.49. The lowest BCUT2D eigenvalue weighted by molar-refractivity contribution is 0.476. The Morgan fingerprint density at radius 3 is 2.00 bits per heavy atom. The van der Waals surface area contributed by atoms with Gasteiger partial charge in [0.2, 0.25) is 0 Å². The first-order valence-electron chi connectivity index (χ1n) is 9.18. The molecule has 1 N–H and O–H groups in total. The van der Waals surface area contributed by atoms with E-state index in [1.54, 1.807) is 6.07 Å². The third-order valence-corrected chi connectivity index (χ3v) is 5.68. The minimum atomic E-state index is 0.304. The predicted molar refractivity (Wildman–Crippen MR) is 113 cm³/mol. The van der Waals surface area contributed by atoms with Gasteiger partial charge in [0.1, 0.15) is 5.75 Å². The molecule has 0 spiro atoms. The van der Waals surface area contributed by atoms with Gasteiger partial charge in [0.25, 0.3) is 0 Å². The molecular formula is C26H16O. The van der Waals surface area contributed by atoms with Crippen molar-refractivity contribution in [2.75, 3.05) is 0 Å². The number of phenolic OH excluding ortho intramolecular Hbond substituents is 1. The van der Waals surface area contributed by atoms with Crippen molar-refractivity contribution in [2.45, 2.75) is 0 Å². The van der Waals surface area contributed by atoms with Crippen LogP contribution in [0.5, 0.6) is 5.75 Å². The predicted octanol–water partition coefficient (Wildman–Crippen LogP) is 7.01. The fourth-order valence-corrected chi connectivity index (χ4v) is 4.46. The Morgan fingerprint density at radius 1 is 0.481 bits per heavy atom. The quantitative estimate of drug-likeness (QED) is 0.340. The van der Waals surface area contributed by atoms with Gasteiger partial charge in [0, 0.05) is 0 Å². The molecule has 0 amide bonds. The molecule has 126 valence electrons. The van der Waals surface area contributed by atoms with Crippen molar-refractivity contribution in [3.05, 3.63) is 91.0 Å². The van der Waals surface area contributed by atoms with Gasteiger partial charge in [-0.3, -0.25) is 0 Å². The van der Waals surface area contributed by atoms with Crippen molar-refractivity contribution >= 4 is 21.5 Å². The Hall–Kier alpha value is -3.58. The van der Waals surface area contributed by atoms with Gasteiger partial charge in [0.15, 0.2) is 0 Å². The van der Waals surface area contributed by atoms with Crippen LogP contribution in [-0.2, 0) is 0 Å². The summed E-state index contributed by atoms with van der Waals surface area (Å²) >= 11 is 0. The molecule has 0 aromatic heterocycles. The summed E-state index contributed by atoms with van der Waals surface area (Å²) in [6.07, 6.45) is 0. The molecule has 0 heterocycles. The van der Waals surface area contributed by atoms with Gasteiger partial charge in [-0.1, -0.05) is 72.8 Å². The molecule has 0 atom stereocenters. The monoisotopic (exact) mass is 344 g/mol. The zero-order chi connectivity index (χ0) is 18.0. The third-order valence-electron chi connectivity index (χ3n) is 5.68. The summed E-state index contributed by atoms with van der Waals surface area (Å²) < 4.78 is 0. The summed E-state index contributed by atoms with van der Waals surface area (Å²) in [5.74, 6) is 0.304. The Labute approximate surface area is 157 Å². The zero-order valence-corrected chi connectivity index (χ0v) is 14.6. The molecule has 5 aromatic carbocycles. The number of fused-ring (bicyclic) bond motifs is 4. The van der Waals surface area contributed by atoms with E-state index in [1.807, 2.05) is 12.1 Å². The van der Waals surface area contributed by atoms with E-state index in [0.29, 0.717) is 5.75 Å². The number of phenols is 1. The van der Waals surface area contributed by atoms with Gasteiger partial charge >= 0.3 is 0 Å². The molecule has 0 bridgehead atoms. The molecular weight excluding hydrogens is 328 g/mol. The Kier molecular flexibility index (Phi) is 2.81. The highest BCUT2D eigenvalue weighted by molar-refractivity contribution is 6.18. The van der Waals surface area contributed by atoms with Gasteiger partial charge in [-0.15, -0.1) is 0 Å². The SMILES string of the molecule is Oc1ccc2cc(-c3ccc4c5c(cccc35)-c3ccccc3-4)ccc2c1. The van der Waals surface area contributed by atoms with E-state index in [9.17, 15) is 5.11 Å². The van der Waals surface area contributed by atoms with Crippen LogP contribution in [0, 0.1) is 0 Å². The van der Waals surface area contributed by atoms with Crippen LogP contribution in [0.15, 0.2) is 91.0 Å². The highest BCUT2D eigenvalue weighted by atomic mass is 16.3. The Morgan fingerprint density at radius 2 is 1.15 bits per heavy atom. The molecule has 0 radical (unpaired) electrons. The molecule has 0 unspecified atom stereocenters. The van der Waals surface area contributed by atoms with Gasteiger partial charge in [-0.2, -0.15) is 0 Å². The number of benzene rings is 5.